The summed E-state index contributed by atoms with van der Waals surface area (Å²) >= 11 is 0. The summed E-state index contributed by atoms with van der Waals surface area (Å²) in [5.74, 6) is -0.0207. The highest BCUT2D eigenvalue weighted by Gasteiger charge is 2.11. The number of anilines is 1. The topological polar surface area (TPSA) is 67.6 Å². The number of hydrogen-bond acceptors (Lipinski definition) is 4. The second kappa shape index (κ2) is 9.37. The van der Waals surface area contributed by atoms with Crippen LogP contribution in [0, 0.1) is 6.92 Å². The van der Waals surface area contributed by atoms with Gasteiger partial charge in [0.1, 0.15) is 0 Å². The summed E-state index contributed by atoms with van der Waals surface area (Å²) in [4.78, 5) is 14.0. The number of carbonyl (C=O) groups excluding carboxylic acids is 1. The molecule has 0 fully saturated rings. The first-order chi connectivity index (χ1) is 10.1. The van der Waals surface area contributed by atoms with Crippen molar-refractivity contribution < 1.29 is 9.53 Å². The summed E-state index contributed by atoms with van der Waals surface area (Å²) < 4.78 is 5.10. The number of carbonyl (C=O) groups is 1. The van der Waals surface area contributed by atoms with E-state index < -0.39 is 0 Å². The highest BCUT2D eigenvalue weighted by Crippen LogP contribution is 2.14. The van der Waals surface area contributed by atoms with Gasteiger partial charge in [0, 0.05) is 39.0 Å². The lowest BCUT2D eigenvalue weighted by atomic mass is 10.2. The SMILES string of the molecule is CCN(CCNC(=O)CC(CN)OC)c1cccc(C)c1. The molecule has 0 aliphatic heterocycles. The Labute approximate surface area is 127 Å². The van der Waals surface area contributed by atoms with Crippen LogP contribution in [0.3, 0.4) is 0 Å². The monoisotopic (exact) mass is 293 g/mol. The first-order valence-electron chi connectivity index (χ1n) is 7.41. The van der Waals surface area contributed by atoms with Gasteiger partial charge in [-0.25, -0.2) is 0 Å². The molecule has 1 aromatic carbocycles. The van der Waals surface area contributed by atoms with E-state index in [4.69, 9.17) is 10.5 Å². The van der Waals surface area contributed by atoms with Gasteiger partial charge < -0.3 is 20.7 Å². The van der Waals surface area contributed by atoms with E-state index >= 15 is 0 Å². The number of likely N-dealkylation sites (N-methyl/N-ethyl adjacent to an activating group) is 1. The third kappa shape index (κ3) is 6.14. The van der Waals surface area contributed by atoms with Gasteiger partial charge in [0.2, 0.25) is 5.91 Å². The van der Waals surface area contributed by atoms with E-state index in [2.05, 4.69) is 48.3 Å². The summed E-state index contributed by atoms with van der Waals surface area (Å²) in [6, 6.07) is 8.38. The van der Waals surface area contributed by atoms with E-state index in [0.717, 1.165) is 13.1 Å². The molecule has 0 spiro atoms. The largest absolute Gasteiger partial charge is 0.380 e. The molecule has 1 atom stereocenters. The Morgan fingerprint density at radius 2 is 2.24 bits per heavy atom. The van der Waals surface area contributed by atoms with E-state index in [0.29, 0.717) is 19.5 Å². The number of hydrogen-bond donors (Lipinski definition) is 2. The molecule has 5 heteroatoms. The standard InChI is InChI=1S/C16H27N3O2/c1-4-19(14-7-5-6-13(2)10-14)9-8-18-16(20)11-15(12-17)21-3/h5-7,10,15H,4,8-9,11-12,17H2,1-3H3,(H,18,20). The maximum absolute atomic E-state index is 11.8. The number of nitrogens with zero attached hydrogens (tertiary/aromatic N) is 1. The molecular weight excluding hydrogens is 266 g/mol. The molecule has 1 rings (SSSR count). The molecule has 0 saturated carbocycles. The Kier molecular flexibility index (Phi) is 7.79. The van der Waals surface area contributed by atoms with Gasteiger partial charge >= 0.3 is 0 Å². The molecule has 21 heavy (non-hydrogen) atoms. The van der Waals surface area contributed by atoms with E-state index in [9.17, 15) is 4.79 Å². The molecule has 5 nitrogen and oxygen atoms in total. The van der Waals surface area contributed by atoms with Crippen LogP contribution in [0.4, 0.5) is 5.69 Å². The lowest BCUT2D eigenvalue weighted by Crippen LogP contribution is -2.37. The minimum atomic E-state index is -0.205. The summed E-state index contributed by atoms with van der Waals surface area (Å²) in [6.07, 6.45) is 0.105. The minimum absolute atomic E-state index is 0.0207. The Morgan fingerprint density at radius 1 is 1.48 bits per heavy atom. The van der Waals surface area contributed by atoms with E-state index in [-0.39, 0.29) is 12.0 Å². The van der Waals surface area contributed by atoms with Crippen LogP contribution in [0.25, 0.3) is 0 Å². The van der Waals surface area contributed by atoms with Gasteiger partial charge in [-0.1, -0.05) is 12.1 Å². The third-order valence-electron chi connectivity index (χ3n) is 3.46. The Balaban J connectivity index is 2.40. The molecule has 0 aromatic heterocycles. The third-order valence-corrected chi connectivity index (χ3v) is 3.46. The summed E-state index contributed by atoms with van der Waals surface area (Å²) in [7, 11) is 1.57. The van der Waals surface area contributed by atoms with Crippen molar-refractivity contribution in [1.82, 2.24) is 5.32 Å². The molecule has 0 aliphatic rings. The summed E-state index contributed by atoms with van der Waals surface area (Å²) in [6.45, 7) is 6.85. The van der Waals surface area contributed by atoms with Crippen LogP contribution in [-0.2, 0) is 9.53 Å². The fourth-order valence-electron chi connectivity index (χ4n) is 2.17. The zero-order valence-corrected chi connectivity index (χ0v) is 13.3. The number of nitrogens with one attached hydrogen (secondary N) is 1. The number of aryl methyl sites for hydroxylation is 1. The highest BCUT2D eigenvalue weighted by molar-refractivity contribution is 5.76. The zero-order valence-electron chi connectivity index (χ0n) is 13.3. The predicted octanol–water partition coefficient (Wildman–Crippen LogP) is 1.30. The van der Waals surface area contributed by atoms with Crippen molar-refractivity contribution in [3.05, 3.63) is 29.8 Å². The molecule has 3 N–H and O–H groups in total. The van der Waals surface area contributed by atoms with Crippen LogP contribution in [0.1, 0.15) is 18.9 Å². The van der Waals surface area contributed by atoms with Crippen molar-refractivity contribution in [3.8, 4) is 0 Å². The van der Waals surface area contributed by atoms with Gasteiger partial charge in [-0.05, 0) is 31.5 Å². The molecule has 0 bridgehead atoms. The second-order valence-corrected chi connectivity index (χ2v) is 5.07. The molecule has 0 saturated heterocycles. The molecule has 1 amide bonds. The fourth-order valence-corrected chi connectivity index (χ4v) is 2.17. The fraction of sp³-hybridized carbons (Fsp3) is 0.562. The van der Waals surface area contributed by atoms with Crippen LogP contribution in [-0.4, -0.2) is 45.3 Å². The smallest absolute Gasteiger partial charge is 0.222 e. The number of nitrogens with two attached hydrogens (primary N) is 1. The van der Waals surface area contributed by atoms with E-state index in [1.54, 1.807) is 7.11 Å². The van der Waals surface area contributed by atoms with Crippen molar-refractivity contribution in [2.75, 3.05) is 38.2 Å². The van der Waals surface area contributed by atoms with Gasteiger partial charge in [0.15, 0.2) is 0 Å². The van der Waals surface area contributed by atoms with Gasteiger partial charge in [0.05, 0.1) is 12.5 Å². The Bertz CT molecular complexity index is 433. The van der Waals surface area contributed by atoms with Gasteiger partial charge in [0.25, 0.3) is 0 Å². The summed E-state index contributed by atoms with van der Waals surface area (Å²) in [5, 5.41) is 2.91. The first-order valence-corrected chi connectivity index (χ1v) is 7.41. The van der Waals surface area contributed by atoms with E-state index in [1.807, 2.05) is 0 Å². The first kappa shape index (κ1) is 17.5. The zero-order chi connectivity index (χ0) is 15.7. The lowest BCUT2D eigenvalue weighted by molar-refractivity contribution is -0.123. The molecule has 118 valence electrons. The number of amides is 1. The Morgan fingerprint density at radius 3 is 2.81 bits per heavy atom. The van der Waals surface area contributed by atoms with Crippen LogP contribution in [0.2, 0.25) is 0 Å². The van der Waals surface area contributed by atoms with Gasteiger partial charge in [-0.2, -0.15) is 0 Å². The lowest BCUT2D eigenvalue weighted by Gasteiger charge is -2.24. The minimum Gasteiger partial charge on any atom is -0.380 e. The second-order valence-electron chi connectivity index (χ2n) is 5.07. The molecule has 0 aliphatic carbocycles. The maximum Gasteiger partial charge on any atom is 0.222 e. The molecule has 0 heterocycles. The number of rotatable bonds is 9. The van der Waals surface area contributed by atoms with Gasteiger partial charge in [-0.3, -0.25) is 4.79 Å². The molecule has 1 unspecified atom stereocenters. The highest BCUT2D eigenvalue weighted by atomic mass is 16.5. The van der Waals surface area contributed by atoms with Crippen LogP contribution >= 0.6 is 0 Å². The molecule has 1 aromatic rings. The number of ether oxygens (including phenoxy) is 1. The van der Waals surface area contributed by atoms with Crippen LogP contribution in [0.5, 0.6) is 0 Å². The normalized spacial score (nSPS) is 12.0. The van der Waals surface area contributed by atoms with Crippen LogP contribution < -0.4 is 16.0 Å². The predicted molar refractivity (Wildman–Crippen MR) is 86.5 cm³/mol. The number of methoxy groups -OCH3 is 1. The van der Waals surface area contributed by atoms with E-state index in [1.165, 1.54) is 11.3 Å². The van der Waals surface area contributed by atoms with Crippen molar-refractivity contribution in [3.63, 3.8) is 0 Å². The van der Waals surface area contributed by atoms with Crippen molar-refractivity contribution >= 4 is 11.6 Å². The maximum atomic E-state index is 11.8. The Hall–Kier alpha value is -1.59. The van der Waals surface area contributed by atoms with Crippen molar-refractivity contribution in [2.24, 2.45) is 5.73 Å². The van der Waals surface area contributed by atoms with Crippen molar-refractivity contribution in [1.29, 1.82) is 0 Å². The van der Waals surface area contributed by atoms with Crippen LogP contribution in [0.15, 0.2) is 24.3 Å². The quantitative estimate of drug-likeness (QED) is 0.720. The van der Waals surface area contributed by atoms with Gasteiger partial charge in [-0.15, -0.1) is 0 Å². The summed E-state index contributed by atoms with van der Waals surface area (Å²) in [5.41, 5.74) is 7.93. The molecule has 0 radical (unpaired) electrons. The average molecular weight is 293 g/mol. The molecular formula is C16H27N3O2. The van der Waals surface area contributed by atoms with Crippen molar-refractivity contribution in [2.45, 2.75) is 26.4 Å². The average Bonchev–Trinajstić information content (AvgIpc) is 2.49. The number of benzene rings is 1.